The van der Waals surface area contributed by atoms with Crippen LogP contribution in [0.4, 0.5) is 0 Å². The van der Waals surface area contributed by atoms with Crippen molar-refractivity contribution in [1.29, 1.82) is 0 Å². The van der Waals surface area contributed by atoms with Gasteiger partial charge in [-0.3, -0.25) is 4.57 Å². The summed E-state index contributed by atoms with van der Waals surface area (Å²) < 4.78 is 1.81. The Labute approximate surface area is 120 Å². The highest BCUT2D eigenvalue weighted by Crippen LogP contribution is 2.43. The molecule has 0 bridgehead atoms. The fraction of sp³-hybridized carbons (Fsp3) is 0.200. The number of rotatable bonds is 2. The maximum absolute atomic E-state index is 9.61. The molecule has 1 saturated carbocycles. The van der Waals surface area contributed by atoms with Crippen LogP contribution in [0.15, 0.2) is 36.4 Å². The summed E-state index contributed by atoms with van der Waals surface area (Å²) in [5.41, 5.74) is 3.53. The van der Waals surface area contributed by atoms with Gasteiger partial charge in [0.15, 0.2) is 5.65 Å². The molecule has 0 saturated heterocycles. The molecule has 4 rings (SSSR count). The van der Waals surface area contributed by atoms with Gasteiger partial charge in [-0.15, -0.1) is 0 Å². The number of imidazole rings is 1. The summed E-state index contributed by atoms with van der Waals surface area (Å²) in [6, 6.07) is 11.4. The molecule has 100 valence electrons. The predicted octanol–water partition coefficient (Wildman–Crippen LogP) is 3.66. The Hall–Kier alpha value is -2.07. The van der Waals surface area contributed by atoms with E-state index in [2.05, 4.69) is 16.0 Å². The zero-order valence-corrected chi connectivity index (χ0v) is 11.4. The van der Waals surface area contributed by atoms with Crippen molar-refractivity contribution in [3.05, 3.63) is 47.2 Å². The second-order valence-electron chi connectivity index (χ2n) is 5.06. The van der Waals surface area contributed by atoms with Crippen molar-refractivity contribution in [3.8, 4) is 11.6 Å². The van der Waals surface area contributed by atoms with E-state index >= 15 is 0 Å². The van der Waals surface area contributed by atoms with E-state index in [1.54, 1.807) is 6.07 Å². The van der Waals surface area contributed by atoms with E-state index in [1.807, 2.05) is 22.8 Å². The summed E-state index contributed by atoms with van der Waals surface area (Å²) in [6.07, 6.45) is 2.42. The number of aromatic nitrogens is 3. The Kier molecular flexibility index (Phi) is 2.47. The van der Waals surface area contributed by atoms with Crippen molar-refractivity contribution >= 4 is 22.8 Å². The van der Waals surface area contributed by atoms with Crippen LogP contribution in [-0.4, -0.2) is 19.6 Å². The molecule has 0 spiro atoms. The lowest BCUT2D eigenvalue weighted by Crippen LogP contribution is -2.00. The average Bonchev–Trinajstić information content (AvgIpc) is 3.23. The SMILES string of the molecule is Oc1ccc2nc(Cl)n(-c3ccccc3C3CC3)c2n1. The smallest absolute Gasteiger partial charge is 0.212 e. The van der Waals surface area contributed by atoms with Crippen LogP contribution in [0.25, 0.3) is 16.9 Å². The van der Waals surface area contributed by atoms with Crippen LogP contribution in [0, 0.1) is 0 Å². The molecular weight excluding hydrogens is 274 g/mol. The molecule has 5 heteroatoms. The van der Waals surface area contributed by atoms with E-state index in [1.165, 1.54) is 24.5 Å². The minimum Gasteiger partial charge on any atom is -0.493 e. The normalized spacial score (nSPS) is 14.8. The van der Waals surface area contributed by atoms with Gasteiger partial charge in [-0.2, -0.15) is 4.98 Å². The molecule has 0 radical (unpaired) electrons. The van der Waals surface area contributed by atoms with E-state index in [9.17, 15) is 5.11 Å². The highest BCUT2D eigenvalue weighted by molar-refractivity contribution is 6.29. The molecule has 0 aliphatic heterocycles. The topological polar surface area (TPSA) is 50.9 Å². The van der Waals surface area contributed by atoms with Crippen LogP contribution in [0.1, 0.15) is 24.3 Å². The van der Waals surface area contributed by atoms with Gasteiger partial charge in [0.2, 0.25) is 11.2 Å². The van der Waals surface area contributed by atoms with Crippen LogP contribution < -0.4 is 0 Å². The first-order chi connectivity index (χ1) is 9.74. The number of pyridine rings is 1. The van der Waals surface area contributed by atoms with Crippen molar-refractivity contribution in [2.75, 3.05) is 0 Å². The van der Waals surface area contributed by atoms with Gasteiger partial charge in [0.1, 0.15) is 5.52 Å². The van der Waals surface area contributed by atoms with E-state index in [0.717, 1.165) is 5.69 Å². The Bertz CT molecular complexity index is 808. The Morgan fingerprint density at radius 1 is 1.10 bits per heavy atom. The maximum Gasteiger partial charge on any atom is 0.212 e. The first-order valence-electron chi connectivity index (χ1n) is 6.57. The average molecular weight is 286 g/mol. The van der Waals surface area contributed by atoms with Gasteiger partial charge in [-0.1, -0.05) is 18.2 Å². The van der Waals surface area contributed by atoms with Crippen LogP contribution in [0.2, 0.25) is 5.28 Å². The Morgan fingerprint density at radius 3 is 2.70 bits per heavy atom. The lowest BCUT2D eigenvalue weighted by atomic mass is 10.1. The molecule has 1 aliphatic carbocycles. The second-order valence-corrected chi connectivity index (χ2v) is 5.40. The lowest BCUT2D eigenvalue weighted by molar-refractivity contribution is 0.455. The Balaban J connectivity index is 2.02. The highest BCUT2D eigenvalue weighted by Gasteiger charge is 2.27. The molecule has 0 amide bonds. The molecule has 1 aliphatic rings. The fourth-order valence-electron chi connectivity index (χ4n) is 2.56. The first kappa shape index (κ1) is 11.7. The minimum atomic E-state index is -0.0285. The summed E-state index contributed by atoms with van der Waals surface area (Å²) in [6.45, 7) is 0. The van der Waals surface area contributed by atoms with Crippen LogP contribution in [-0.2, 0) is 0 Å². The molecule has 0 atom stereocenters. The van der Waals surface area contributed by atoms with Crippen molar-refractivity contribution in [2.24, 2.45) is 0 Å². The summed E-state index contributed by atoms with van der Waals surface area (Å²) in [5.74, 6) is 0.566. The van der Waals surface area contributed by atoms with Crippen molar-refractivity contribution in [3.63, 3.8) is 0 Å². The number of hydrogen-bond donors (Lipinski definition) is 1. The van der Waals surface area contributed by atoms with Gasteiger partial charge < -0.3 is 5.11 Å². The predicted molar refractivity (Wildman–Crippen MR) is 77.5 cm³/mol. The van der Waals surface area contributed by atoms with Crippen molar-refractivity contribution < 1.29 is 5.11 Å². The number of fused-ring (bicyclic) bond motifs is 1. The molecule has 1 fully saturated rings. The van der Waals surface area contributed by atoms with Gasteiger partial charge in [0.25, 0.3) is 0 Å². The molecule has 20 heavy (non-hydrogen) atoms. The molecule has 3 aromatic rings. The molecule has 1 aromatic carbocycles. The monoisotopic (exact) mass is 285 g/mol. The largest absolute Gasteiger partial charge is 0.493 e. The van der Waals surface area contributed by atoms with Gasteiger partial charge in [0.05, 0.1) is 5.69 Å². The van der Waals surface area contributed by atoms with Crippen LogP contribution in [0.3, 0.4) is 0 Å². The lowest BCUT2D eigenvalue weighted by Gasteiger charge is -2.11. The summed E-state index contributed by atoms with van der Waals surface area (Å²) >= 11 is 6.28. The third-order valence-electron chi connectivity index (χ3n) is 3.64. The molecule has 2 aromatic heterocycles. The van der Waals surface area contributed by atoms with Crippen LogP contribution >= 0.6 is 11.6 Å². The first-order valence-corrected chi connectivity index (χ1v) is 6.95. The standard InChI is InChI=1S/C15H12ClN3O/c16-15-17-11-7-8-13(20)18-14(11)19(15)12-4-2-1-3-10(12)9-5-6-9/h1-4,7-9H,5-6H2,(H,18,20). The zero-order valence-electron chi connectivity index (χ0n) is 10.6. The number of para-hydroxylation sites is 1. The number of nitrogens with zero attached hydrogens (tertiary/aromatic N) is 3. The number of aromatic hydroxyl groups is 1. The third-order valence-corrected chi connectivity index (χ3v) is 3.90. The summed E-state index contributed by atoms with van der Waals surface area (Å²) in [4.78, 5) is 8.47. The van der Waals surface area contributed by atoms with Crippen LogP contribution in [0.5, 0.6) is 5.88 Å². The van der Waals surface area contributed by atoms with Gasteiger partial charge in [0, 0.05) is 6.07 Å². The Morgan fingerprint density at radius 2 is 1.90 bits per heavy atom. The number of hydrogen-bond acceptors (Lipinski definition) is 3. The van der Waals surface area contributed by atoms with Gasteiger partial charge in [-0.25, -0.2) is 4.98 Å². The number of benzene rings is 1. The second kappa shape index (κ2) is 4.21. The maximum atomic E-state index is 9.61. The van der Waals surface area contributed by atoms with Crippen molar-refractivity contribution in [2.45, 2.75) is 18.8 Å². The molecule has 1 N–H and O–H groups in total. The molecular formula is C15H12ClN3O. The van der Waals surface area contributed by atoms with E-state index in [-0.39, 0.29) is 5.88 Å². The minimum absolute atomic E-state index is 0.0285. The quantitative estimate of drug-likeness (QED) is 0.782. The molecule has 0 unspecified atom stereocenters. The van der Waals surface area contributed by atoms with Crippen molar-refractivity contribution in [1.82, 2.24) is 14.5 Å². The summed E-state index contributed by atoms with van der Waals surface area (Å²) in [5, 5.41) is 9.97. The van der Waals surface area contributed by atoms with E-state index in [0.29, 0.717) is 22.4 Å². The molecule has 4 nitrogen and oxygen atoms in total. The van der Waals surface area contributed by atoms with E-state index < -0.39 is 0 Å². The molecule has 2 heterocycles. The third kappa shape index (κ3) is 1.76. The fourth-order valence-corrected chi connectivity index (χ4v) is 2.83. The van der Waals surface area contributed by atoms with E-state index in [4.69, 9.17) is 11.6 Å². The summed E-state index contributed by atoms with van der Waals surface area (Å²) in [7, 11) is 0. The highest BCUT2D eigenvalue weighted by atomic mass is 35.5. The van der Waals surface area contributed by atoms with Gasteiger partial charge >= 0.3 is 0 Å². The zero-order chi connectivity index (χ0) is 13.7. The number of halogens is 1. The van der Waals surface area contributed by atoms with Gasteiger partial charge in [-0.05, 0) is 48.1 Å².